The molecular weight excluding hydrogens is 172 g/mol. The van der Waals surface area contributed by atoms with Crippen LogP contribution in [0.25, 0.3) is 10.9 Å². The van der Waals surface area contributed by atoms with Crippen LogP contribution in [-0.4, -0.2) is 4.98 Å². The fourth-order valence-electron chi connectivity index (χ4n) is 1.81. The smallest absolute Gasteiger partial charge is 0.0726 e. The number of hydrogen-bond donors (Lipinski definition) is 1. The number of pyridine rings is 1. The molecule has 0 bridgehead atoms. The third-order valence-corrected chi connectivity index (χ3v) is 2.76. The Morgan fingerprint density at radius 2 is 2.00 bits per heavy atom. The van der Waals surface area contributed by atoms with Gasteiger partial charge < -0.3 is 5.73 Å². The lowest BCUT2D eigenvalue weighted by Gasteiger charge is -2.04. The van der Waals surface area contributed by atoms with Crippen LogP contribution in [0.4, 0.5) is 5.69 Å². The summed E-state index contributed by atoms with van der Waals surface area (Å²) in [6, 6.07) is 10.1. The van der Waals surface area contributed by atoms with Crippen molar-refractivity contribution >= 4 is 16.6 Å². The summed E-state index contributed by atoms with van der Waals surface area (Å²) in [5.41, 5.74) is 9.03. The maximum atomic E-state index is 5.98. The van der Waals surface area contributed by atoms with E-state index < -0.39 is 0 Å². The van der Waals surface area contributed by atoms with E-state index in [2.05, 4.69) is 4.98 Å². The van der Waals surface area contributed by atoms with Crippen LogP contribution in [0.15, 0.2) is 30.3 Å². The van der Waals surface area contributed by atoms with Gasteiger partial charge in [-0.3, -0.25) is 4.98 Å². The molecule has 1 aromatic carbocycles. The van der Waals surface area contributed by atoms with Crippen molar-refractivity contribution in [2.75, 3.05) is 5.73 Å². The molecule has 0 aliphatic heterocycles. The molecule has 1 saturated carbocycles. The molecule has 2 N–H and O–H groups in total. The summed E-state index contributed by atoms with van der Waals surface area (Å²) in [6.45, 7) is 0. The van der Waals surface area contributed by atoms with E-state index in [9.17, 15) is 0 Å². The van der Waals surface area contributed by atoms with Crippen LogP contribution < -0.4 is 5.73 Å². The molecule has 2 nitrogen and oxygen atoms in total. The maximum absolute atomic E-state index is 5.98. The largest absolute Gasteiger partial charge is 0.398 e. The third-order valence-electron chi connectivity index (χ3n) is 2.76. The number of rotatable bonds is 1. The van der Waals surface area contributed by atoms with Crippen molar-refractivity contribution in [2.24, 2.45) is 0 Å². The number of nitrogen functional groups attached to an aromatic ring is 1. The summed E-state index contributed by atoms with van der Waals surface area (Å²) in [4.78, 5) is 4.62. The molecule has 0 radical (unpaired) electrons. The molecule has 0 amide bonds. The van der Waals surface area contributed by atoms with Gasteiger partial charge in [-0.1, -0.05) is 18.2 Å². The molecule has 14 heavy (non-hydrogen) atoms. The SMILES string of the molecule is Nc1cc(C2CC2)nc2ccccc12. The second-order valence-corrected chi connectivity index (χ2v) is 3.93. The van der Waals surface area contributed by atoms with E-state index in [-0.39, 0.29) is 0 Å². The molecule has 1 aromatic heterocycles. The van der Waals surface area contributed by atoms with Crippen molar-refractivity contribution in [1.29, 1.82) is 0 Å². The van der Waals surface area contributed by atoms with Gasteiger partial charge >= 0.3 is 0 Å². The van der Waals surface area contributed by atoms with Crippen LogP contribution >= 0.6 is 0 Å². The Bertz CT molecular complexity index is 487. The molecule has 3 rings (SSSR count). The molecule has 0 unspecified atom stereocenters. The van der Waals surface area contributed by atoms with Crippen molar-refractivity contribution in [1.82, 2.24) is 4.98 Å². The quantitative estimate of drug-likeness (QED) is 0.740. The van der Waals surface area contributed by atoms with Crippen LogP contribution in [0.3, 0.4) is 0 Å². The fourth-order valence-corrected chi connectivity index (χ4v) is 1.81. The van der Waals surface area contributed by atoms with Crippen molar-refractivity contribution in [3.8, 4) is 0 Å². The number of aromatic nitrogens is 1. The predicted molar refractivity (Wildman–Crippen MR) is 58.1 cm³/mol. The Labute approximate surface area is 82.8 Å². The Hall–Kier alpha value is -1.57. The van der Waals surface area contributed by atoms with Crippen molar-refractivity contribution in [3.63, 3.8) is 0 Å². The van der Waals surface area contributed by atoms with E-state index in [4.69, 9.17) is 5.73 Å². The first-order valence-electron chi connectivity index (χ1n) is 5.00. The summed E-state index contributed by atoms with van der Waals surface area (Å²) in [6.07, 6.45) is 2.54. The molecule has 0 atom stereocenters. The lowest BCUT2D eigenvalue weighted by molar-refractivity contribution is 1.05. The standard InChI is InChI=1S/C12H12N2/c13-10-7-12(8-5-6-8)14-11-4-2-1-3-9(10)11/h1-4,7-8H,5-6H2,(H2,13,14). The van der Waals surface area contributed by atoms with Gasteiger partial charge in [0.15, 0.2) is 0 Å². The number of benzene rings is 1. The van der Waals surface area contributed by atoms with Crippen LogP contribution in [-0.2, 0) is 0 Å². The van der Waals surface area contributed by atoms with Crippen molar-refractivity contribution < 1.29 is 0 Å². The highest BCUT2D eigenvalue weighted by Gasteiger charge is 2.25. The highest BCUT2D eigenvalue weighted by molar-refractivity contribution is 5.90. The Morgan fingerprint density at radius 3 is 2.79 bits per heavy atom. The number of nitrogens with two attached hydrogens (primary N) is 1. The fraction of sp³-hybridized carbons (Fsp3) is 0.250. The van der Waals surface area contributed by atoms with Crippen LogP contribution in [0.5, 0.6) is 0 Å². The monoisotopic (exact) mass is 184 g/mol. The van der Waals surface area contributed by atoms with Gasteiger partial charge in [0.25, 0.3) is 0 Å². The number of para-hydroxylation sites is 1. The number of hydrogen-bond acceptors (Lipinski definition) is 2. The summed E-state index contributed by atoms with van der Waals surface area (Å²) >= 11 is 0. The predicted octanol–water partition coefficient (Wildman–Crippen LogP) is 2.69. The molecule has 2 heteroatoms. The first kappa shape index (κ1) is 7.80. The number of nitrogens with zero attached hydrogens (tertiary/aromatic N) is 1. The zero-order valence-corrected chi connectivity index (χ0v) is 7.90. The lowest BCUT2D eigenvalue weighted by Crippen LogP contribution is -1.93. The first-order chi connectivity index (χ1) is 6.84. The molecule has 0 spiro atoms. The molecular formula is C12H12N2. The zero-order chi connectivity index (χ0) is 9.54. The summed E-state index contributed by atoms with van der Waals surface area (Å²) in [7, 11) is 0. The number of fused-ring (bicyclic) bond motifs is 1. The van der Waals surface area contributed by atoms with Crippen molar-refractivity contribution in [3.05, 3.63) is 36.0 Å². The lowest BCUT2D eigenvalue weighted by atomic mass is 10.1. The van der Waals surface area contributed by atoms with Crippen molar-refractivity contribution in [2.45, 2.75) is 18.8 Å². The van der Waals surface area contributed by atoms with Gasteiger partial charge in [0.05, 0.1) is 5.52 Å². The molecule has 70 valence electrons. The molecule has 2 aromatic rings. The second kappa shape index (κ2) is 2.71. The van der Waals surface area contributed by atoms with E-state index in [1.807, 2.05) is 30.3 Å². The van der Waals surface area contributed by atoms with Gasteiger partial charge in [-0.05, 0) is 25.0 Å². The van der Waals surface area contributed by atoms with E-state index in [0.717, 1.165) is 16.6 Å². The van der Waals surface area contributed by atoms with Gasteiger partial charge in [-0.25, -0.2) is 0 Å². The van der Waals surface area contributed by atoms with Crippen LogP contribution in [0, 0.1) is 0 Å². The zero-order valence-electron chi connectivity index (χ0n) is 7.90. The summed E-state index contributed by atoms with van der Waals surface area (Å²) in [5.74, 6) is 0.668. The van der Waals surface area contributed by atoms with Gasteiger partial charge in [-0.15, -0.1) is 0 Å². The van der Waals surface area contributed by atoms with Crippen LogP contribution in [0.1, 0.15) is 24.5 Å². The van der Waals surface area contributed by atoms with Crippen LogP contribution in [0.2, 0.25) is 0 Å². The Kier molecular flexibility index (Phi) is 1.51. The third kappa shape index (κ3) is 1.15. The molecule has 1 heterocycles. The van der Waals surface area contributed by atoms with E-state index in [0.29, 0.717) is 5.92 Å². The van der Waals surface area contributed by atoms with E-state index in [1.54, 1.807) is 0 Å². The molecule has 1 aliphatic carbocycles. The minimum Gasteiger partial charge on any atom is -0.398 e. The molecule has 1 fully saturated rings. The summed E-state index contributed by atoms with van der Waals surface area (Å²) in [5, 5.41) is 1.07. The van der Waals surface area contributed by atoms with E-state index in [1.165, 1.54) is 18.5 Å². The average Bonchev–Trinajstić information content (AvgIpc) is 3.01. The number of anilines is 1. The van der Waals surface area contributed by atoms with Gasteiger partial charge in [0.2, 0.25) is 0 Å². The van der Waals surface area contributed by atoms with Gasteiger partial charge in [0, 0.05) is 22.7 Å². The van der Waals surface area contributed by atoms with Gasteiger partial charge in [-0.2, -0.15) is 0 Å². The van der Waals surface area contributed by atoms with Gasteiger partial charge in [0.1, 0.15) is 0 Å². The topological polar surface area (TPSA) is 38.9 Å². The maximum Gasteiger partial charge on any atom is 0.0726 e. The van der Waals surface area contributed by atoms with E-state index >= 15 is 0 Å². The minimum atomic E-state index is 0.668. The Morgan fingerprint density at radius 1 is 1.21 bits per heavy atom. The molecule has 0 saturated heterocycles. The normalized spacial score (nSPS) is 16.0. The average molecular weight is 184 g/mol. The highest BCUT2D eigenvalue weighted by Crippen LogP contribution is 2.40. The second-order valence-electron chi connectivity index (χ2n) is 3.93. The first-order valence-corrected chi connectivity index (χ1v) is 5.00. The highest BCUT2D eigenvalue weighted by atomic mass is 14.7. The summed E-state index contributed by atoms with van der Waals surface area (Å²) < 4.78 is 0. The molecule has 1 aliphatic rings. The Balaban J connectivity index is 2.27. The minimum absolute atomic E-state index is 0.668.